The Labute approximate surface area is 139 Å². The van der Waals surface area contributed by atoms with E-state index in [0.29, 0.717) is 0 Å². The molecule has 0 saturated carbocycles. The Kier molecular flexibility index (Phi) is 5.52. The van der Waals surface area contributed by atoms with Crippen molar-refractivity contribution in [3.8, 4) is 5.75 Å². The maximum Gasteiger partial charge on any atom is 0.278 e. The number of carbonyl (C=O) groups is 1. The van der Waals surface area contributed by atoms with Crippen LogP contribution in [0.5, 0.6) is 5.75 Å². The molecule has 128 valence electrons. The average molecular weight is 320 g/mol. The Bertz CT molecular complexity index is 514. The summed E-state index contributed by atoms with van der Waals surface area (Å²) >= 11 is 0. The largest absolute Gasteiger partial charge is 0.497 e. The van der Waals surface area contributed by atoms with Crippen LogP contribution in [0.2, 0.25) is 0 Å². The van der Waals surface area contributed by atoms with Crippen LogP contribution in [0, 0.1) is 0 Å². The number of methoxy groups -OCH3 is 1. The lowest BCUT2D eigenvalue weighted by atomic mass is 10.1. The van der Waals surface area contributed by atoms with Gasteiger partial charge in [-0.15, -0.1) is 0 Å². The molecular weight excluding hydrogens is 290 g/mol. The van der Waals surface area contributed by atoms with Crippen LogP contribution in [0.4, 0.5) is 5.69 Å². The van der Waals surface area contributed by atoms with Gasteiger partial charge in [-0.1, -0.05) is 0 Å². The second-order valence-electron chi connectivity index (χ2n) is 7.30. The number of anilines is 1. The number of ether oxygens (including phenoxy) is 1. The number of nitrogens with zero attached hydrogens (tertiary/aromatic N) is 1. The summed E-state index contributed by atoms with van der Waals surface area (Å²) in [6.45, 7) is 12.0. The highest BCUT2D eigenvalue weighted by atomic mass is 16.5. The number of hydrogen-bond donors (Lipinski definition) is 2. The van der Waals surface area contributed by atoms with Crippen molar-refractivity contribution in [1.29, 1.82) is 0 Å². The Balaban J connectivity index is 1.88. The third-order valence-corrected chi connectivity index (χ3v) is 4.35. The van der Waals surface area contributed by atoms with Crippen LogP contribution < -0.4 is 19.9 Å². The number of piperazine rings is 1. The zero-order chi connectivity index (χ0) is 17.0. The van der Waals surface area contributed by atoms with Gasteiger partial charge in [0.25, 0.3) is 5.91 Å². The first kappa shape index (κ1) is 17.6. The predicted molar refractivity (Wildman–Crippen MR) is 93.3 cm³/mol. The van der Waals surface area contributed by atoms with Crippen LogP contribution in [0.3, 0.4) is 0 Å². The summed E-state index contributed by atoms with van der Waals surface area (Å²) < 4.78 is 5.20. The molecule has 1 saturated heterocycles. The van der Waals surface area contributed by atoms with E-state index in [2.05, 4.69) is 22.3 Å². The summed E-state index contributed by atoms with van der Waals surface area (Å²) in [7, 11) is 1.68. The second-order valence-corrected chi connectivity index (χ2v) is 7.30. The maximum atomic E-state index is 12.3. The first-order chi connectivity index (χ1) is 10.8. The number of quaternary nitrogens is 1. The van der Waals surface area contributed by atoms with Gasteiger partial charge in [-0.25, -0.2) is 0 Å². The molecular formula is C18H30N3O2+. The number of benzene rings is 1. The molecule has 5 nitrogen and oxygen atoms in total. The molecule has 1 aliphatic rings. The fourth-order valence-electron chi connectivity index (χ4n) is 2.94. The summed E-state index contributed by atoms with van der Waals surface area (Å²) in [6, 6.07) is 8.17. The quantitative estimate of drug-likeness (QED) is 0.859. The van der Waals surface area contributed by atoms with Gasteiger partial charge in [-0.3, -0.25) is 4.79 Å². The molecule has 2 rings (SSSR count). The van der Waals surface area contributed by atoms with Crippen molar-refractivity contribution >= 4 is 11.6 Å². The average Bonchev–Trinajstić information content (AvgIpc) is 2.53. The molecule has 0 radical (unpaired) electrons. The van der Waals surface area contributed by atoms with Crippen molar-refractivity contribution in [3.05, 3.63) is 24.3 Å². The monoisotopic (exact) mass is 320 g/mol. The molecule has 0 aliphatic carbocycles. The number of rotatable bonds is 4. The van der Waals surface area contributed by atoms with Crippen molar-refractivity contribution in [3.63, 3.8) is 0 Å². The van der Waals surface area contributed by atoms with Crippen molar-refractivity contribution in [2.45, 2.75) is 39.3 Å². The number of amides is 1. The van der Waals surface area contributed by atoms with Crippen molar-refractivity contribution in [2.75, 3.05) is 38.2 Å². The Morgan fingerprint density at radius 2 is 1.78 bits per heavy atom. The molecule has 23 heavy (non-hydrogen) atoms. The molecule has 0 spiro atoms. The van der Waals surface area contributed by atoms with E-state index in [9.17, 15) is 4.79 Å². The van der Waals surface area contributed by atoms with Crippen LogP contribution in [-0.4, -0.2) is 50.8 Å². The Hall–Kier alpha value is -1.75. The van der Waals surface area contributed by atoms with Gasteiger partial charge in [0.2, 0.25) is 0 Å². The summed E-state index contributed by atoms with van der Waals surface area (Å²) in [6.07, 6.45) is 0. The van der Waals surface area contributed by atoms with Gasteiger partial charge < -0.3 is 19.9 Å². The lowest BCUT2D eigenvalue weighted by Crippen LogP contribution is -3.19. The highest BCUT2D eigenvalue weighted by Crippen LogP contribution is 2.19. The van der Waals surface area contributed by atoms with E-state index in [1.165, 1.54) is 10.6 Å². The zero-order valence-corrected chi connectivity index (χ0v) is 15.0. The smallest absolute Gasteiger partial charge is 0.278 e. The highest BCUT2D eigenvalue weighted by molar-refractivity contribution is 5.80. The molecule has 1 heterocycles. The lowest BCUT2D eigenvalue weighted by Gasteiger charge is -2.36. The van der Waals surface area contributed by atoms with Crippen LogP contribution in [-0.2, 0) is 4.79 Å². The van der Waals surface area contributed by atoms with Gasteiger partial charge in [-0.05, 0) is 52.0 Å². The van der Waals surface area contributed by atoms with Gasteiger partial charge in [0.15, 0.2) is 6.04 Å². The molecule has 1 aromatic rings. The molecule has 5 heteroatoms. The van der Waals surface area contributed by atoms with E-state index in [0.717, 1.165) is 31.9 Å². The minimum absolute atomic E-state index is 0.00718. The van der Waals surface area contributed by atoms with E-state index in [-0.39, 0.29) is 17.5 Å². The zero-order valence-electron chi connectivity index (χ0n) is 15.0. The van der Waals surface area contributed by atoms with Crippen LogP contribution in [0.15, 0.2) is 24.3 Å². The first-order valence-corrected chi connectivity index (χ1v) is 8.36. The second kappa shape index (κ2) is 7.21. The van der Waals surface area contributed by atoms with Gasteiger partial charge >= 0.3 is 0 Å². The summed E-state index contributed by atoms with van der Waals surface area (Å²) in [4.78, 5) is 16.1. The predicted octanol–water partition coefficient (Wildman–Crippen LogP) is 0.703. The van der Waals surface area contributed by atoms with E-state index >= 15 is 0 Å². The molecule has 0 aromatic heterocycles. The Morgan fingerprint density at radius 3 is 2.26 bits per heavy atom. The lowest BCUT2D eigenvalue weighted by molar-refractivity contribution is -0.914. The molecule has 1 aromatic carbocycles. The first-order valence-electron chi connectivity index (χ1n) is 8.36. The summed E-state index contributed by atoms with van der Waals surface area (Å²) in [5, 5.41) is 3.08. The van der Waals surface area contributed by atoms with Gasteiger partial charge in [0.1, 0.15) is 5.75 Å². The fourth-order valence-corrected chi connectivity index (χ4v) is 2.94. The number of carbonyl (C=O) groups excluding carboxylic acids is 1. The normalized spacial score (nSPS) is 17.7. The van der Waals surface area contributed by atoms with Crippen molar-refractivity contribution in [2.24, 2.45) is 0 Å². The third-order valence-electron chi connectivity index (χ3n) is 4.35. The van der Waals surface area contributed by atoms with E-state index in [1.54, 1.807) is 7.11 Å². The molecule has 1 fully saturated rings. The van der Waals surface area contributed by atoms with Gasteiger partial charge in [-0.2, -0.15) is 0 Å². The third kappa shape index (κ3) is 4.86. The van der Waals surface area contributed by atoms with Crippen molar-refractivity contribution < 1.29 is 14.4 Å². The molecule has 1 amide bonds. The number of nitrogens with one attached hydrogen (secondary N) is 2. The van der Waals surface area contributed by atoms with E-state index in [4.69, 9.17) is 4.74 Å². The van der Waals surface area contributed by atoms with Crippen LogP contribution in [0.25, 0.3) is 0 Å². The molecule has 1 atom stereocenters. The minimum atomic E-state index is -0.171. The molecule has 2 N–H and O–H groups in total. The summed E-state index contributed by atoms with van der Waals surface area (Å²) in [5.41, 5.74) is 1.05. The Morgan fingerprint density at radius 1 is 1.22 bits per heavy atom. The molecule has 1 aliphatic heterocycles. The van der Waals surface area contributed by atoms with Gasteiger partial charge in [0, 0.05) is 11.2 Å². The highest BCUT2D eigenvalue weighted by Gasteiger charge is 2.30. The topological polar surface area (TPSA) is 46.0 Å². The maximum absolute atomic E-state index is 12.3. The number of hydrogen-bond acceptors (Lipinski definition) is 3. The van der Waals surface area contributed by atoms with E-state index in [1.807, 2.05) is 39.8 Å². The SMILES string of the molecule is COc1ccc(N2CC[NH+]([C@@H](C)C(=O)NC(C)(C)C)CC2)cc1. The van der Waals surface area contributed by atoms with Crippen LogP contribution >= 0.6 is 0 Å². The van der Waals surface area contributed by atoms with Crippen molar-refractivity contribution in [1.82, 2.24) is 5.32 Å². The molecule has 0 bridgehead atoms. The van der Waals surface area contributed by atoms with E-state index < -0.39 is 0 Å². The minimum Gasteiger partial charge on any atom is -0.497 e. The summed E-state index contributed by atoms with van der Waals surface area (Å²) in [5.74, 6) is 1.02. The molecule has 0 unspecified atom stereocenters. The standard InChI is InChI=1S/C18H29N3O2/c1-14(17(22)19-18(2,3)4)20-10-12-21(13-11-20)15-6-8-16(23-5)9-7-15/h6-9,14H,10-13H2,1-5H3,(H,19,22)/p+1/t14-/m0/s1. The van der Waals surface area contributed by atoms with Gasteiger partial charge in [0.05, 0.1) is 33.3 Å². The fraction of sp³-hybridized carbons (Fsp3) is 0.611. The van der Waals surface area contributed by atoms with Crippen LogP contribution in [0.1, 0.15) is 27.7 Å².